The lowest BCUT2D eigenvalue weighted by molar-refractivity contribution is -0.384. The number of nitrogens with zero attached hydrogens (tertiary/aromatic N) is 6. The van der Waals surface area contributed by atoms with Crippen molar-refractivity contribution < 1.29 is 14.8 Å². The fraction of sp³-hybridized carbons (Fsp3) is 0.269. The minimum absolute atomic E-state index is 0.00574. The summed E-state index contributed by atoms with van der Waals surface area (Å²) >= 11 is 0. The first-order chi connectivity index (χ1) is 17.5. The average molecular weight is 504 g/mol. The molecule has 37 heavy (non-hydrogen) atoms. The molecule has 192 valence electrons. The molecule has 4 aromatic rings. The second kappa shape index (κ2) is 10.2. The number of hydrogen-bond acceptors (Lipinski definition) is 8. The topological polar surface area (TPSA) is 130 Å². The Morgan fingerprint density at radius 2 is 1.92 bits per heavy atom. The number of aryl methyl sites for hydroxylation is 2. The Bertz CT molecular complexity index is 1500. The number of fused-ring (bicyclic) bond motifs is 1. The van der Waals surface area contributed by atoms with Crippen LogP contribution in [0.5, 0.6) is 0 Å². The Hall–Kier alpha value is -4.51. The molecule has 0 unspecified atom stereocenters. The van der Waals surface area contributed by atoms with E-state index in [9.17, 15) is 20.0 Å². The molecule has 2 heterocycles. The second-order valence-corrected chi connectivity index (χ2v) is 9.22. The van der Waals surface area contributed by atoms with E-state index in [-0.39, 0.29) is 16.2 Å². The summed E-state index contributed by atoms with van der Waals surface area (Å²) < 4.78 is 1.85. The lowest BCUT2D eigenvalue weighted by Crippen LogP contribution is -2.29. The van der Waals surface area contributed by atoms with Crippen LogP contribution in [0.15, 0.2) is 48.8 Å². The number of carbonyl (C=O) groups is 1. The van der Waals surface area contributed by atoms with Gasteiger partial charge in [-0.05, 0) is 50.8 Å². The van der Waals surface area contributed by atoms with E-state index in [1.54, 1.807) is 36.5 Å². The normalized spacial score (nSPS) is 11.2. The number of rotatable bonds is 9. The van der Waals surface area contributed by atoms with E-state index in [1.165, 1.54) is 6.07 Å². The Morgan fingerprint density at radius 1 is 1.16 bits per heavy atom. The molecule has 0 fully saturated rings. The van der Waals surface area contributed by atoms with Crippen molar-refractivity contribution in [3.8, 4) is 11.3 Å². The van der Waals surface area contributed by atoms with Crippen LogP contribution in [0.4, 0.5) is 23.0 Å². The first-order valence-corrected chi connectivity index (χ1v) is 11.6. The van der Waals surface area contributed by atoms with E-state index in [4.69, 9.17) is 0 Å². The van der Waals surface area contributed by atoms with Crippen LogP contribution in [-0.2, 0) is 7.05 Å². The Morgan fingerprint density at radius 3 is 2.59 bits per heavy atom. The van der Waals surface area contributed by atoms with Gasteiger partial charge in [0, 0.05) is 62.1 Å². The van der Waals surface area contributed by atoms with Gasteiger partial charge in [-0.25, -0.2) is 14.8 Å². The number of hydrogen-bond donors (Lipinski definition) is 2. The van der Waals surface area contributed by atoms with Crippen LogP contribution in [0.1, 0.15) is 15.9 Å². The number of carboxylic acid groups (broad SMARTS) is 1. The number of aromatic nitrogens is 3. The number of benzene rings is 2. The molecule has 0 aliphatic carbocycles. The van der Waals surface area contributed by atoms with Gasteiger partial charge in [0.1, 0.15) is 5.69 Å². The highest BCUT2D eigenvalue weighted by Gasteiger charge is 2.21. The van der Waals surface area contributed by atoms with E-state index in [0.29, 0.717) is 29.6 Å². The van der Waals surface area contributed by atoms with Gasteiger partial charge in [0.05, 0.1) is 21.9 Å². The molecule has 0 aliphatic heterocycles. The molecule has 0 atom stereocenters. The molecule has 11 heteroatoms. The van der Waals surface area contributed by atoms with Crippen molar-refractivity contribution in [3.05, 3.63) is 70.0 Å². The zero-order valence-corrected chi connectivity index (χ0v) is 21.4. The highest BCUT2D eigenvalue weighted by molar-refractivity contribution is 5.99. The smallest absolute Gasteiger partial charge is 0.335 e. The van der Waals surface area contributed by atoms with Crippen LogP contribution in [0.3, 0.4) is 0 Å². The summed E-state index contributed by atoms with van der Waals surface area (Å²) in [5.74, 6) is -0.694. The summed E-state index contributed by atoms with van der Waals surface area (Å²) in [5.41, 5.74) is 4.32. The third-order valence-electron chi connectivity index (χ3n) is 6.23. The first-order valence-electron chi connectivity index (χ1n) is 11.6. The number of carboxylic acids is 1. The fourth-order valence-corrected chi connectivity index (χ4v) is 4.15. The maximum Gasteiger partial charge on any atom is 0.335 e. The van der Waals surface area contributed by atoms with Gasteiger partial charge < -0.3 is 24.8 Å². The Balaban J connectivity index is 1.67. The molecule has 2 N–H and O–H groups in total. The molecule has 0 amide bonds. The molecule has 11 nitrogen and oxygen atoms in total. The number of nitro benzene ring substituents is 1. The monoisotopic (exact) mass is 503 g/mol. The maximum absolute atomic E-state index is 11.9. The van der Waals surface area contributed by atoms with Crippen LogP contribution in [0.25, 0.3) is 22.2 Å². The van der Waals surface area contributed by atoms with Gasteiger partial charge in [-0.15, -0.1) is 0 Å². The van der Waals surface area contributed by atoms with Crippen LogP contribution < -0.4 is 10.2 Å². The molecule has 0 spiro atoms. The number of likely N-dealkylation sites (N-methyl/N-ethyl adjacent to an activating group) is 2. The predicted octanol–water partition coefficient (Wildman–Crippen LogP) is 4.29. The summed E-state index contributed by atoms with van der Waals surface area (Å²) in [7, 11) is 7.60. The van der Waals surface area contributed by atoms with Crippen molar-refractivity contribution in [2.45, 2.75) is 6.92 Å². The average Bonchev–Trinajstić information content (AvgIpc) is 3.19. The van der Waals surface area contributed by atoms with Gasteiger partial charge in [0.2, 0.25) is 5.95 Å². The van der Waals surface area contributed by atoms with Crippen LogP contribution in [0.2, 0.25) is 0 Å². The van der Waals surface area contributed by atoms with Crippen molar-refractivity contribution in [1.29, 1.82) is 0 Å². The van der Waals surface area contributed by atoms with E-state index >= 15 is 0 Å². The van der Waals surface area contributed by atoms with Crippen molar-refractivity contribution in [2.75, 3.05) is 44.4 Å². The number of nitrogens with one attached hydrogen (secondary N) is 1. The van der Waals surface area contributed by atoms with Crippen LogP contribution in [0, 0.1) is 17.0 Å². The number of nitro groups is 1. The van der Waals surface area contributed by atoms with Crippen LogP contribution >= 0.6 is 0 Å². The van der Waals surface area contributed by atoms with Crippen molar-refractivity contribution in [3.63, 3.8) is 0 Å². The molecule has 0 aliphatic rings. The third-order valence-corrected chi connectivity index (χ3v) is 6.23. The predicted molar refractivity (Wildman–Crippen MR) is 144 cm³/mol. The summed E-state index contributed by atoms with van der Waals surface area (Å²) in [6.07, 6.45) is 3.50. The van der Waals surface area contributed by atoms with E-state index in [0.717, 1.165) is 28.6 Å². The molecule has 4 rings (SSSR count). The van der Waals surface area contributed by atoms with Crippen molar-refractivity contribution in [2.24, 2.45) is 7.05 Å². The van der Waals surface area contributed by atoms with Crippen LogP contribution in [-0.4, -0.2) is 69.7 Å². The lowest BCUT2D eigenvalue weighted by Gasteiger charge is -2.22. The fourth-order valence-electron chi connectivity index (χ4n) is 4.15. The molecule has 0 radical (unpaired) electrons. The highest BCUT2D eigenvalue weighted by atomic mass is 16.6. The molecule has 0 saturated heterocycles. The second-order valence-electron chi connectivity index (χ2n) is 9.22. The zero-order valence-electron chi connectivity index (χ0n) is 21.4. The zero-order chi connectivity index (χ0) is 26.9. The SMILES string of the molecule is Cc1cc(N(C)CCN(C)C)c([N+](=O)[O-])cc1Nc1nccc(-c2cn(C)c3cc(C(=O)O)ccc23)n1. The van der Waals surface area contributed by atoms with Gasteiger partial charge in [-0.3, -0.25) is 10.1 Å². The molecular formula is C26H29N7O4. The minimum atomic E-state index is -0.988. The Labute approximate surface area is 214 Å². The Kier molecular flexibility index (Phi) is 7.07. The van der Waals surface area contributed by atoms with Crippen molar-refractivity contribution >= 4 is 39.9 Å². The van der Waals surface area contributed by atoms with Gasteiger partial charge in [0.25, 0.3) is 5.69 Å². The standard InChI is InChI=1S/C26H29N7O4/c1-16-12-23(31(4)11-10-30(2)3)24(33(36)37)14-21(16)29-26-27-9-8-20(28-26)19-15-32(5)22-13-17(25(34)35)6-7-18(19)22/h6-9,12-15H,10-11H2,1-5H3,(H,34,35)(H,27,28,29). The summed E-state index contributed by atoms with van der Waals surface area (Å²) in [4.78, 5) is 35.7. The van der Waals surface area contributed by atoms with Gasteiger partial charge in [-0.2, -0.15) is 0 Å². The minimum Gasteiger partial charge on any atom is -0.478 e. The van der Waals surface area contributed by atoms with E-state index < -0.39 is 5.97 Å². The number of aromatic carboxylic acids is 1. The summed E-state index contributed by atoms with van der Waals surface area (Å²) in [6.45, 7) is 3.28. The van der Waals surface area contributed by atoms with E-state index in [1.807, 2.05) is 55.7 Å². The third kappa shape index (κ3) is 5.36. The number of anilines is 3. The lowest BCUT2D eigenvalue weighted by atomic mass is 10.1. The van der Waals surface area contributed by atoms with Gasteiger partial charge >= 0.3 is 5.97 Å². The molecule has 0 bridgehead atoms. The van der Waals surface area contributed by atoms with Gasteiger partial charge in [0.15, 0.2) is 0 Å². The highest BCUT2D eigenvalue weighted by Crippen LogP contribution is 2.35. The molecular weight excluding hydrogens is 474 g/mol. The maximum atomic E-state index is 11.9. The summed E-state index contributed by atoms with van der Waals surface area (Å²) in [5, 5.41) is 25.2. The first kappa shape index (κ1) is 25.6. The van der Waals surface area contributed by atoms with Gasteiger partial charge in [-0.1, -0.05) is 6.07 Å². The molecule has 2 aromatic carbocycles. The summed E-state index contributed by atoms with van der Waals surface area (Å²) in [6, 6.07) is 10.0. The van der Waals surface area contributed by atoms with E-state index in [2.05, 4.69) is 15.3 Å². The molecule has 0 saturated carbocycles. The molecule has 2 aromatic heterocycles. The largest absolute Gasteiger partial charge is 0.478 e. The quantitative estimate of drug-likeness (QED) is 0.254. The van der Waals surface area contributed by atoms with Crippen molar-refractivity contribution in [1.82, 2.24) is 19.4 Å².